The highest BCUT2D eigenvalue weighted by Gasteiger charge is 2.22. The van der Waals surface area contributed by atoms with Crippen LogP contribution >= 0.6 is 0 Å². The quantitative estimate of drug-likeness (QED) is 0.798. The van der Waals surface area contributed by atoms with E-state index in [1.165, 1.54) is 0 Å². The van der Waals surface area contributed by atoms with Gasteiger partial charge in [-0.2, -0.15) is 5.26 Å². The standard InChI is InChI=1S/C21H25N3O2S/c22-13-19-8-4-9-20(12-19)15-24-11-5-10-21(16-24)14-23-27(25,26)17-18-6-2-1-3-7-18/h1-4,6-9,12,21,23H,5,10-11,14-17H2/t21-/m0/s1. The van der Waals surface area contributed by atoms with Gasteiger partial charge in [-0.05, 0) is 48.6 Å². The van der Waals surface area contributed by atoms with Crippen molar-refractivity contribution in [1.82, 2.24) is 9.62 Å². The molecular weight excluding hydrogens is 358 g/mol. The fourth-order valence-corrected chi connectivity index (χ4v) is 4.77. The summed E-state index contributed by atoms with van der Waals surface area (Å²) >= 11 is 0. The summed E-state index contributed by atoms with van der Waals surface area (Å²) in [5, 5.41) is 9.03. The molecule has 0 saturated carbocycles. The number of benzene rings is 2. The van der Waals surface area contributed by atoms with Crippen LogP contribution in [0.15, 0.2) is 54.6 Å². The van der Waals surface area contributed by atoms with Crippen LogP contribution in [0.2, 0.25) is 0 Å². The number of nitrogens with zero attached hydrogens (tertiary/aromatic N) is 2. The second-order valence-corrected chi connectivity index (χ2v) is 8.96. The topological polar surface area (TPSA) is 73.2 Å². The van der Waals surface area contributed by atoms with E-state index in [9.17, 15) is 8.42 Å². The van der Waals surface area contributed by atoms with Crippen molar-refractivity contribution in [2.24, 2.45) is 5.92 Å². The van der Waals surface area contributed by atoms with Crippen LogP contribution in [0.5, 0.6) is 0 Å². The van der Waals surface area contributed by atoms with E-state index < -0.39 is 10.0 Å². The lowest BCUT2D eigenvalue weighted by molar-refractivity contribution is 0.169. The molecule has 2 aromatic carbocycles. The molecule has 1 saturated heterocycles. The van der Waals surface area contributed by atoms with Gasteiger partial charge in [-0.25, -0.2) is 13.1 Å². The smallest absolute Gasteiger partial charge is 0.215 e. The number of nitriles is 1. The molecule has 5 nitrogen and oxygen atoms in total. The van der Waals surface area contributed by atoms with Crippen molar-refractivity contribution in [2.75, 3.05) is 19.6 Å². The predicted molar refractivity (Wildman–Crippen MR) is 106 cm³/mol. The Balaban J connectivity index is 1.51. The number of hydrogen-bond acceptors (Lipinski definition) is 4. The van der Waals surface area contributed by atoms with Crippen molar-refractivity contribution in [2.45, 2.75) is 25.1 Å². The summed E-state index contributed by atoms with van der Waals surface area (Å²) in [7, 11) is -3.32. The highest BCUT2D eigenvalue weighted by atomic mass is 32.2. The van der Waals surface area contributed by atoms with Gasteiger partial charge in [0.05, 0.1) is 17.4 Å². The van der Waals surface area contributed by atoms with Crippen molar-refractivity contribution in [3.8, 4) is 6.07 Å². The number of likely N-dealkylation sites (tertiary alicyclic amines) is 1. The normalized spacial score (nSPS) is 18.1. The van der Waals surface area contributed by atoms with E-state index in [4.69, 9.17) is 5.26 Å². The zero-order valence-electron chi connectivity index (χ0n) is 15.3. The molecule has 27 heavy (non-hydrogen) atoms. The molecule has 2 aromatic rings. The molecule has 0 aliphatic carbocycles. The monoisotopic (exact) mass is 383 g/mol. The lowest BCUT2D eigenvalue weighted by atomic mass is 9.98. The van der Waals surface area contributed by atoms with Gasteiger partial charge in [-0.3, -0.25) is 4.90 Å². The molecule has 0 aromatic heterocycles. The highest BCUT2D eigenvalue weighted by molar-refractivity contribution is 7.88. The average molecular weight is 384 g/mol. The van der Waals surface area contributed by atoms with Gasteiger partial charge in [-0.15, -0.1) is 0 Å². The first kappa shape index (κ1) is 19.6. The van der Waals surface area contributed by atoms with E-state index in [1.807, 2.05) is 54.6 Å². The molecule has 1 aliphatic rings. The van der Waals surface area contributed by atoms with Gasteiger partial charge in [0.2, 0.25) is 10.0 Å². The number of hydrogen-bond donors (Lipinski definition) is 1. The summed E-state index contributed by atoms with van der Waals surface area (Å²) in [6.45, 7) is 3.14. The summed E-state index contributed by atoms with van der Waals surface area (Å²) in [6, 6.07) is 19.1. The number of sulfonamides is 1. The minimum absolute atomic E-state index is 0.0191. The van der Waals surface area contributed by atoms with Gasteiger partial charge in [0.1, 0.15) is 0 Å². The maximum absolute atomic E-state index is 12.3. The Hall–Kier alpha value is -2.20. The fraction of sp³-hybridized carbons (Fsp3) is 0.381. The lowest BCUT2D eigenvalue weighted by Crippen LogP contribution is -2.40. The van der Waals surface area contributed by atoms with E-state index >= 15 is 0 Å². The molecule has 1 N–H and O–H groups in total. The minimum atomic E-state index is -3.32. The van der Waals surface area contributed by atoms with E-state index in [0.29, 0.717) is 18.0 Å². The molecule has 0 unspecified atom stereocenters. The van der Waals surface area contributed by atoms with E-state index in [0.717, 1.165) is 43.6 Å². The van der Waals surface area contributed by atoms with Crippen molar-refractivity contribution in [3.05, 3.63) is 71.3 Å². The molecular formula is C21H25N3O2S. The molecule has 6 heteroatoms. The second kappa shape index (κ2) is 9.14. The summed E-state index contributed by atoms with van der Waals surface area (Å²) in [6.07, 6.45) is 2.09. The third kappa shape index (κ3) is 6.17. The average Bonchev–Trinajstić information content (AvgIpc) is 2.67. The molecule has 1 heterocycles. The number of piperidine rings is 1. The zero-order chi connectivity index (χ0) is 19.1. The first-order valence-electron chi connectivity index (χ1n) is 9.27. The predicted octanol–water partition coefficient (Wildman–Crippen LogP) is 2.89. The molecule has 142 valence electrons. The fourth-order valence-electron chi connectivity index (χ4n) is 3.55. The molecule has 0 amide bonds. The van der Waals surface area contributed by atoms with Gasteiger partial charge in [-0.1, -0.05) is 42.5 Å². The number of nitrogens with one attached hydrogen (secondary N) is 1. The summed E-state index contributed by atoms with van der Waals surface area (Å²) in [4.78, 5) is 2.34. The largest absolute Gasteiger partial charge is 0.299 e. The van der Waals surface area contributed by atoms with Crippen LogP contribution in [0, 0.1) is 17.2 Å². The van der Waals surface area contributed by atoms with Gasteiger partial charge >= 0.3 is 0 Å². The Kier molecular flexibility index (Phi) is 6.62. The van der Waals surface area contributed by atoms with E-state index in [1.54, 1.807) is 0 Å². The van der Waals surface area contributed by atoms with Crippen molar-refractivity contribution in [3.63, 3.8) is 0 Å². The minimum Gasteiger partial charge on any atom is -0.299 e. The van der Waals surface area contributed by atoms with Gasteiger partial charge in [0.25, 0.3) is 0 Å². The molecule has 1 atom stereocenters. The number of rotatable bonds is 7. The van der Waals surface area contributed by atoms with Crippen molar-refractivity contribution in [1.29, 1.82) is 5.26 Å². The van der Waals surface area contributed by atoms with E-state index in [2.05, 4.69) is 15.7 Å². The van der Waals surface area contributed by atoms with Crippen LogP contribution in [0.4, 0.5) is 0 Å². The first-order chi connectivity index (χ1) is 13.0. The van der Waals surface area contributed by atoms with Crippen molar-refractivity contribution >= 4 is 10.0 Å². The summed E-state index contributed by atoms with van der Waals surface area (Å²) in [5.74, 6) is 0.328. The molecule has 0 spiro atoms. The molecule has 3 rings (SSSR count). The molecule has 1 fully saturated rings. The Labute approximate surface area is 161 Å². The van der Waals surface area contributed by atoms with Crippen LogP contribution in [0.3, 0.4) is 0 Å². The Morgan fingerprint density at radius 3 is 2.67 bits per heavy atom. The van der Waals surface area contributed by atoms with E-state index in [-0.39, 0.29) is 5.75 Å². The zero-order valence-corrected chi connectivity index (χ0v) is 16.2. The van der Waals surface area contributed by atoms with Crippen LogP contribution < -0.4 is 4.72 Å². The molecule has 1 aliphatic heterocycles. The maximum Gasteiger partial charge on any atom is 0.215 e. The van der Waals surface area contributed by atoms with Crippen LogP contribution in [0.25, 0.3) is 0 Å². The van der Waals surface area contributed by atoms with Crippen LogP contribution in [0.1, 0.15) is 29.5 Å². The summed E-state index contributed by atoms with van der Waals surface area (Å²) < 4.78 is 27.4. The SMILES string of the molecule is N#Cc1cccc(CN2CCC[C@@H](CNS(=O)(=O)Cc3ccccc3)C2)c1. The van der Waals surface area contributed by atoms with Gasteiger partial charge < -0.3 is 0 Å². The third-order valence-electron chi connectivity index (χ3n) is 4.86. The van der Waals surface area contributed by atoms with Gasteiger partial charge in [0, 0.05) is 19.6 Å². The summed E-state index contributed by atoms with van der Waals surface area (Å²) in [5.41, 5.74) is 2.60. The Bertz CT molecular complexity index is 891. The Morgan fingerprint density at radius 2 is 1.89 bits per heavy atom. The van der Waals surface area contributed by atoms with Gasteiger partial charge in [0.15, 0.2) is 0 Å². The first-order valence-corrected chi connectivity index (χ1v) is 10.9. The maximum atomic E-state index is 12.3. The van der Waals surface area contributed by atoms with Crippen LogP contribution in [-0.2, 0) is 22.3 Å². The lowest BCUT2D eigenvalue weighted by Gasteiger charge is -2.32. The Morgan fingerprint density at radius 1 is 1.11 bits per heavy atom. The van der Waals surface area contributed by atoms with Crippen LogP contribution in [-0.4, -0.2) is 33.0 Å². The second-order valence-electron chi connectivity index (χ2n) is 7.15. The molecule has 0 radical (unpaired) electrons. The van der Waals surface area contributed by atoms with Crippen molar-refractivity contribution < 1.29 is 8.42 Å². The highest BCUT2D eigenvalue weighted by Crippen LogP contribution is 2.19. The third-order valence-corrected chi connectivity index (χ3v) is 6.18. The molecule has 0 bridgehead atoms.